The zero-order valence-electron chi connectivity index (χ0n) is 19.0. The number of hydrogen-bond donors (Lipinski definition) is 1. The van der Waals surface area contributed by atoms with Gasteiger partial charge in [0.2, 0.25) is 10.0 Å². The minimum Gasteiger partial charge on any atom is -0.497 e. The summed E-state index contributed by atoms with van der Waals surface area (Å²) in [5.74, 6) is 1.77. The Morgan fingerprint density at radius 1 is 1.12 bits per heavy atom. The number of aryl methyl sites for hydroxylation is 1. The summed E-state index contributed by atoms with van der Waals surface area (Å²) >= 11 is 0. The molecule has 3 saturated heterocycles. The van der Waals surface area contributed by atoms with Gasteiger partial charge in [-0.3, -0.25) is 9.58 Å². The number of rotatable bonds is 7. The molecule has 3 fully saturated rings. The summed E-state index contributed by atoms with van der Waals surface area (Å²) in [6.07, 6.45) is 2.13. The number of benzene rings is 2. The molecule has 4 atom stereocenters. The molecule has 3 aliphatic rings. The molecule has 2 bridgehead atoms. The van der Waals surface area contributed by atoms with Crippen LogP contribution < -0.4 is 9.46 Å². The first kappa shape index (κ1) is 22.1. The van der Waals surface area contributed by atoms with Gasteiger partial charge in [-0.1, -0.05) is 18.2 Å². The number of methoxy groups -OCH3 is 1. The number of sulfonamides is 1. The summed E-state index contributed by atoms with van der Waals surface area (Å²) in [4.78, 5) is 2.76. The average molecular weight is 467 g/mol. The molecule has 1 N–H and O–H groups in total. The van der Waals surface area contributed by atoms with Crippen molar-refractivity contribution in [2.24, 2.45) is 13.0 Å². The van der Waals surface area contributed by atoms with E-state index < -0.39 is 10.0 Å². The van der Waals surface area contributed by atoms with Crippen molar-refractivity contribution in [3.05, 3.63) is 66.4 Å². The van der Waals surface area contributed by atoms with E-state index in [9.17, 15) is 8.42 Å². The molecule has 4 unspecified atom stereocenters. The van der Waals surface area contributed by atoms with Crippen LogP contribution in [0.3, 0.4) is 0 Å². The number of fused-ring (bicyclic) bond motifs is 3. The van der Waals surface area contributed by atoms with Gasteiger partial charge < -0.3 is 4.74 Å². The van der Waals surface area contributed by atoms with Gasteiger partial charge in [-0.05, 0) is 67.8 Å². The second-order valence-corrected chi connectivity index (χ2v) is 10.8. The fourth-order valence-corrected chi connectivity index (χ4v) is 6.40. The minimum atomic E-state index is -3.48. The van der Waals surface area contributed by atoms with Gasteiger partial charge in [-0.25, -0.2) is 13.1 Å². The number of aromatic nitrogens is 2. The number of nitrogens with one attached hydrogen (secondary N) is 1. The fourth-order valence-electron chi connectivity index (χ4n) is 5.31. The van der Waals surface area contributed by atoms with Gasteiger partial charge >= 0.3 is 0 Å². The molecule has 0 aliphatic carbocycles. The van der Waals surface area contributed by atoms with Crippen LogP contribution >= 0.6 is 0 Å². The van der Waals surface area contributed by atoms with Crippen LogP contribution in [0.1, 0.15) is 24.5 Å². The van der Waals surface area contributed by atoms with E-state index >= 15 is 0 Å². The van der Waals surface area contributed by atoms with E-state index in [1.165, 1.54) is 5.69 Å². The highest BCUT2D eigenvalue weighted by molar-refractivity contribution is 7.89. The van der Waals surface area contributed by atoms with Crippen molar-refractivity contribution < 1.29 is 13.2 Å². The Morgan fingerprint density at radius 3 is 2.55 bits per heavy atom. The lowest BCUT2D eigenvalue weighted by atomic mass is 9.74. The molecule has 0 saturated carbocycles. The maximum atomic E-state index is 12.6. The molecule has 3 aliphatic heterocycles. The Kier molecular flexibility index (Phi) is 5.99. The molecule has 7 nitrogen and oxygen atoms in total. The summed E-state index contributed by atoms with van der Waals surface area (Å²) < 4.78 is 35.4. The van der Waals surface area contributed by atoms with Crippen LogP contribution in [0.4, 0.5) is 0 Å². The fraction of sp³-hybridized carbons (Fsp3) is 0.400. The summed E-state index contributed by atoms with van der Waals surface area (Å²) in [6, 6.07) is 19.0. The molecule has 1 aromatic heterocycles. The zero-order valence-corrected chi connectivity index (χ0v) is 19.8. The average Bonchev–Trinajstić information content (AvgIpc) is 3.25. The molecule has 174 valence electrons. The largest absolute Gasteiger partial charge is 0.497 e. The Morgan fingerprint density at radius 2 is 1.88 bits per heavy atom. The van der Waals surface area contributed by atoms with Crippen LogP contribution in [0.25, 0.3) is 11.3 Å². The Balaban J connectivity index is 1.27. The van der Waals surface area contributed by atoms with Crippen LogP contribution in [0.15, 0.2) is 65.6 Å². The summed E-state index contributed by atoms with van der Waals surface area (Å²) in [5.41, 5.74) is 3.30. The Labute approximate surface area is 195 Å². The third-order valence-electron chi connectivity index (χ3n) is 7.12. The smallest absolute Gasteiger partial charge is 0.240 e. The zero-order chi connectivity index (χ0) is 23.0. The molecule has 33 heavy (non-hydrogen) atoms. The molecular weight excluding hydrogens is 436 g/mol. The van der Waals surface area contributed by atoms with E-state index in [0.717, 1.165) is 42.9 Å². The lowest BCUT2D eigenvalue weighted by molar-refractivity contribution is 0.0306. The van der Waals surface area contributed by atoms with Crippen molar-refractivity contribution in [1.29, 1.82) is 0 Å². The molecule has 6 rings (SSSR count). The lowest BCUT2D eigenvalue weighted by Crippen LogP contribution is -2.56. The third kappa shape index (κ3) is 4.43. The van der Waals surface area contributed by atoms with Gasteiger partial charge in [0.25, 0.3) is 0 Å². The van der Waals surface area contributed by atoms with Crippen molar-refractivity contribution in [3.63, 3.8) is 0 Å². The maximum Gasteiger partial charge on any atom is 0.240 e. The first-order chi connectivity index (χ1) is 15.9. The van der Waals surface area contributed by atoms with E-state index in [2.05, 4.69) is 15.7 Å². The van der Waals surface area contributed by atoms with E-state index in [-0.39, 0.29) is 6.04 Å². The number of nitrogens with zero attached hydrogens (tertiary/aromatic N) is 3. The molecule has 8 heteroatoms. The van der Waals surface area contributed by atoms with Crippen molar-refractivity contribution in [2.45, 2.75) is 29.7 Å². The SMILES string of the molecule is COc1ccc(-c2cc(C3CN4CCC3CC4CNS(=O)(=O)c3ccccc3)n(C)n2)cc1. The van der Waals surface area contributed by atoms with Crippen LogP contribution in [-0.4, -0.2) is 55.9 Å². The van der Waals surface area contributed by atoms with Crippen LogP contribution in [0, 0.1) is 5.92 Å². The topological polar surface area (TPSA) is 76.5 Å². The van der Waals surface area contributed by atoms with Gasteiger partial charge in [0.1, 0.15) is 5.75 Å². The number of hydrogen-bond acceptors (Lipinski definition) is 5. The second kappa shape index (κ2) is 8.93. The Hall–Kier alpha value is -2.68. The highest BCUT2D eigenvalue weighted by Crippen LogP contribution is 2.42. The van der Waals surface area contributed by atoms with Crippen molar-refractivity contribution in [2.75, 3.05) is 26.7 Å². The molecule has 3 aromatic rings. The van der Waals surface area contributed by atoms with Gasteiger partial charge in [0.15, 0.2) is 0 Å². The number of ether oxygens (including phenoxy) is 1. The Bertz CT molecular complexity index is 1210. The van der Waals surface area contributed by atoms with E-state index in [0.29, 0.717) is 23.3 Å². The first-order valence-corrected chi connectivity index (χ1v) is 12.9. The normalized spacial score (nSPS) is 24.7. The van der Waals surface area contributed by atoms with Gasteiger partial charge in [-0.2, -0.15) is 5.10 Å². The van der Waals surface area contributed by atoms with Gasteiger partial charge in [0, 0.05) is 43.4 Å². The maximum absolute atomic E-state index is 12.6. The third-order valence-corrected chi connectivity index (χ3v) is 8.56. The minimum absolute atomic E-state index is 0.229. The van der Waals surface area contributed by atoms with Crippen molar-refractivity contribution >= 4 is 10.0 Å². The predicted molar refractivity (Wildman–Crippen MR) is 128 cm³/mol. The standard InChI is InChI=1S/C25H30N4O3S/c1-28-25(15-24(27-28)18-8-10-21(32-2)11-9-18)23-17-29-13-12-19(23)14-20(29)16-26-33(30,31)22-6-4-3-5-7-22/h3-11,15,19-20,23,26H,12-14,16-17H2,1-2H3. The van der Waals surface area contributed by atoms with E-state index in [1.807, 2.05) is 42.1 Å². The van der Waals surface area contributed by atoms with Crippen LogP contribution in [-0.2, 0) is 17.1 Å². The quantitative estimate of drug-likeness (QED) is 0.579. The summed E-state index contributed by atoms with van der Waals surface area (Å²) in [7, 11) is 0.206. The molecule has 2 aromatic carbocycles. The molecule has 0 spiro atoms. The summed E-state index contributed by atoms with van der Waals surface area (Å²) in [6.45, 7) is 2.40. The van der Waals surface area contributed by atoms with Gasteiger partial charge in [-0.15, -0.1) is 0 Å². The van der Waals surface area contributed by atoms with Gasteiger partial charge in [0.05, 0.1) is 17.7 Å². The highest BCUT2D eigenvalue weighted by atomic mass is 32.2. The predicted octanol–water partition coefficient (Wildman–Crippen LogP) is 3.25. The molecule has 0 radical (unpaired) electrons. The molecule has 4 heterocycles. The lowest BCUT2D eigenvalue weighted by Gasteiger charge is -2.49. The molecular formula is C25H30N4O3S. The van der Waals surface area contributed by atoms with Crippen LogP contribution in [0.5, 0.6) is 5.75 Å². The number of piperidine rings is 3. The first-order valence-electron chi connectivity index (χ1n) is 11.4. The van der Waals surface area contributed by atoms with E-state index in [1.54, 1.807) is 31.4 Å². The summed E-state index contributed by atoms with van der Waals surface area (Å²) in [5, 5.41) is 4.78. The molecule has 0 amide bonds. The highest BCUT2D eigenvalue weighted by Gasteiger charge is 2.42. The second-order valence-electron chi connectivity index (χ2n) is 9.01. The van der Waals surface area contributed by atoms with E-state index in [4.69, 9.17) is 9.84 Å². The van der Waals surface area contributed by atoms with Crippen molar-refractivity contribution in [1.82, 2.24) is 19.4 Å². The van der Waals surface area contributed by atoms with Crippen molar-refractivity contribution in [3.8, 4) is 17.0 Å². The monoisotopic (exact) mass is 466 g/mol. The van der Waals surface area contributed by atoms with Crippen LogP contribution in [0.2, 0.25) is 0 Å².